The third kappa shape index (κ3) is 2.75. The number of carboxylic acids is 1. The highest BCUT2D eigenvalue weighted by atomic mass is 32.2. The van der Waals surface area contributed by atoms with Crippen LogP contribution < -0.4 is 5.32 Å². The van der Waals surface area contributed by atoms with Gasteiger partial charge in [0.15, 0.2) is 0 Å². The lowest BCUT2D eigenvalue weighted by Gasteiger charge is -2.40. The molecule has 1 aliphatic carbocycles. The Morgan fingerprint density at radius 1 is 1.64 bits per heavy atom. The smallest absolute Gasteiger partial charge is 0.332 e. The van der Waals surface area contributed by atoms with E-state index in [0.717, 1.165) is 6.54 Å². The van der Waals surface area contributed by atoms with E-state index >= 15 is 0 Å². The number of carboxylic acid groups (broad SMARTS) is 1. The van der Waals surface area contributed by atoms with E-state index in [-0.39, 0.29) is 5.57 Å². The Morgan fingerprint density at radius 2 is 2.29 bits per heavy atom. The van der Waals surface area contributed by atoms with Crippen LogP contribution in [0.4, 0.5) is 0 Å². The molecule has 1 saturated carbocycles. The molecule has 0 aromatic heterocycles. The summed E-state index contributed by atoms with van der Waals surface area (Å²) in [4.78, 5) is 10.5. The maximum atomic E-state index is 10.5. The summed E-state index contributed by atoms with van der Waals surface area (Å²) in [6.07, 6.45) is 5.89. The second-order valence-corrected chi connectivity index (χ2v) is 5.03. The monoisotopic (exact) mass is 215 g/mol. The maximum absolute atomic E-state index is 10.5. The number of hydrogen-bond acceptors (Lipinski definition) is 3. The van der Waals surface area contributed by atoms with Gasteiger partial charge in [0.1, 0.15) is 0 Å². The molecule has 80 valence electrons. The summed E-state index contributed by atoms with van der Waals surface area (Å²) in [6, 6.07) is 0. The number of aliphatic carboxylic acids is 1. The lowest BCUT2D eigenvalue weighted by molar-refractivity contribution is -0.132. The van der Waals surface area contributed by atoms with Crippen LogP contribution in [0.1, 0.15) is 19.3 Å². The summed E-state index contributed by atoms with van der Waals surface area (Å²) in [6.45, 7) is 4.75. The predicted octanol–water partition coefficient (Wildman–Crippen LogP) is 1.50. The van der Waals surface area contributed by atoms with Gasteiger partial charge in [-0.05, 0) is 19.1 Å². The Bertz CT molecular complexity index is 231. The lowest BCUT2D eigenvalue weighted by atomic mass is 9.84. The lowest BCUT2D eigenvalue weighted by Crippen LogP contribution is -2.44. The van der Waals surface area contributed by atoms with Crippen LogP contribution in [0.5, 0.6) is 0 Å². The highest BCUT2D eigenvalue weighted by molar-refractivity contribution is 8.00. The Balaban J connectivity index is 2.20. The molecule has 0 atom stereocenters. The number of rotatable bonds is 6. The molecule has 3 nitrogen and oxygen atoms in total. The van der Waals surface area contributed by atoms with Gasteiger partial charge in [-0.2, -0.15) is 11.8 Å². The Morgan fingerprint density at radius 3 is 2.64 bits per heavy atom. The van der Waals surface area contributed by atoms with E-state index in [1.165, 1.54) is 19.3 Å². The normalized spacial score (nSPS) is 18.6. The molecule has 1 rings (SSSR count). The van der Waals surface area contributed by atoms with Crippen molar-refractivity contribution < 1.29 is 9.90 Å². The van der Waals surface area contributed by atoms with Gasteiger partial charge < -0.3 is 10.4 Å². The molecular weight excluding hydrogens is 198 g/mol. The van der Waals surface area contributed by atoms with Crippen LogP contribution in [0, 0.1) is 0 Å². The fourth-order valence-electron chi connectivity index (χ4n) is 1.54. The average Bonchev–Trinajstić information content (AvgIpc) is 2.09. The topological polar surface area (TPSA) is 49.3 Å². The zero-order chi connectivity index (χ0) is 10.6. The number of nitrogens with one attached hydrogen (secondary N) is 1. The van der Waals surface area contributed by atoms with Crippen LogP contribution in [-0.2, 0) is 4.79 Å². The summed E-state index contributed by atoms with van der Waals surface area (Å²) in [5.41, 5.74) is 0.237. The zero-order valence-corrected chi connectivity index (χ0v) is 9.32. The van der Waals surface area contributed by atoms with Crippen molar-refractivity contribution in [2.75, 3.05) is 19.3 Å². The predicted molar refractivity (Wildman–Crippen MR) is 59.7 cm³/mol. The van der Waals surface area contributed by atoms with Crippen molar-refractivity contribution in [3.63, 3.8) is 0 Å². The van der Waals surface area contributed by atoms with Crippen molar-refractivity contribution in [3.05, 3.63) is 12.2 Å². The second kappa shape index (κ2) is 4.84. The summed E-state index contributed by atoms with van der Waals surface area (Å²) in [5, 5.41) is 11.8. The van der Waals surface area contributed by atoms with E-state index in [0.29, 0.717) is 11.3 Å². The SMILES string of the molecule is C=C(CNCC1(SC)CCC1)C(=O)O. The van der Waals surface area contributed by atoms with Crippen molar-refractivity contribution in [2.24, 2.45) is 0 Å². The molecule has 1 fully saturated rings. The van der Waals surface area contributed by atoms with E-state index in [1.54, 1.807) is 0 Å². The van der Waals surface area contributed by atoms with Gasteiger partial charge in [0.05, 0.1) is 0 Å². The Labute approximate surface area is 89.0 Å². The first-order valence-electron chi connectivity index (χ1n) is 4.76. The van der Waals surface area contributed by atoms with E-state index in [2.05, 4.69) is 18.2 Å². The number of carbonyl (C=O) groups is 1. The highest BCUT2D eigenvalue weighted by Crippen LogP contribution is 2.42. The zero-order valence-electron chi connectivity index (χ0n) is 8.51. The van der Waals surface area contributed by atoms with E-state index in [9.17, 15) is 4.79 Å². The van der Waals surface area contributed by atoms with Gasteiger partial charge in [0.2, 0.25) is 0 Å². The molecule has 0 unspecified atom stereocenters. The molecule has 0 amide bonds. The molecule has 0 radical (unpaired) electrons. The molecule has 0 aromatic carbocycles. The molecule has 4 heteroatoms. The second-order valence-electron chi connectivity index (χ2n) is 3.75. The molecule has 0 saturated heterocycles. The standard InChI is InChI=1S/C10H17NO2S/c1-8(9(12)13)6-11-7-10(14-2)4-3-5-10/h11H,1,3-7H2,2H3,(H,12,13). The first-order valence-corrected chi connectivity index (χ1v) is 5.99. The van der Waals surface area contributed by atoms with E-state index in [4.69, 9.17) is 5.11 Å². The summed E-state index contributed by atoms with van der Waals surface area (Å²) in [7, 11) is 0. The highest BCUT2D eigenvalue weighted by Gasteiger charge is 2.35. The first-order chi connectivity index (χ1) is 6.59. The third-order valence-corrected chi connectivity index (χ3v) is 4.20. The van der Waals surface area contributed by atoms with Crippen molar-refractivity contribution >= 4 is 17.7 Å². The number of hydrogen-bond donors (Lipinski definition) is 2. The van der Waals surface area contributed by atoms with Crippen LogP contribution in [0.3, 0.4) is 0 Å². The Kier molecular flexibility index (Phi) is 4.01. The molecule has 2 N–H and O–H groups in total. The van der Waals surface area contributed by atoms with Gasteiger partial charge in [-0.3, -0.25) is 0 Å². The molecular formula is C10H17NO2S. The van der Waals surface area contributed by atoms with Gasteiger partial charge in [0, 0.05) is 23.4 Å². The largest absolute Gasteiger partial charge is 0.478 e. The number of thioether (sulfide) groups is 1. The van der Waals surface area contributed by atoms with E-state index < -0.39 is 5.97 Å². The fraction of sp³-hybridized carbons (Fsp3) is 0.700. The molecule has 0 aromatic rings. The molecule has 0 heterocycles. The van der Waals surface area contributed by atoms with Crippen LogP contribution in [0.2, 0.25) is 0 Å². The Hall–Kier alpha value is -0.480. The van der Waals surface area contributed by atoms with Crippen molar-refractivity contribution in [1.82, 2.24) is 5.32 Å². The summed E-state index contributed by atoms with van der Waals surface area (Å²) in [5.74, 6) is -0.913. The fourth-order valence-corrected chi connectivity index (χ4v) is 2.48. The molecule has 0 bridgehead atoms. The summed E-state index contributed by atoms with van der Waals surface area (Å²) >= 11 is 1.88. The summed E-state index contributed by atoms with van der Waals surface area (Å²) < 4.78 is 0.360. The first kappa shape index (κ1) is 11.6. The molecule has 14 heavy (non-hydrogen) atoms. The van der Waals surface area contributed by atoms with Crippen LogP contribution in [0.25, 0.3) is 0 Å². The van der Waals surface area contributed by atoms with Crippen molar-refractivity contribution in [1.29, 1.82) is 0 Å². The van der Waals surface area contributed by atoms with Crippen LogP contribution >= 0.6 is 11.8 Å². The minimum atomic E-state index is -0.913. The van der Waals surface area contributed by atoms with Crippen molar-refractivity contribution in [3.8, 4) is 0 Å². The van der Waals surface area contributed by atoms with Crippen molar-refractivity contribution in [2.45, 2.75) is 24.0 Å². The molecule has 0 spiro atoms. The van der Waals surface area contributed by atoms with Gasteiger partial charge in [-0.1, -0.05) is 13.0 Å². The van der Waals surface area contributed by atoms with E-state index in [1.807, 2.05) is 11.8 Å². The minimum absolute atomic E-state index is 0.237. The average molecular weight is 215 g/mol. The van der Waals surface area contributed by atoms with Gasteiger partial charge in [0.25, 0.3) is 0 Å². The van der Waals surface area contributed by atoms with Gasteiger partial charge >= 0.3 is 5.97 Å². The van der Waals surface area contributed by atoms with Crippen LogP contribution in [-0.4, -0.2) is 35.2 Å². The van der Waals surface area contributed by atoms with Crippen LogP contribution in [0.15, 0.2) is 12.2 Å². The third-order valence-electron chi connectivity index (χ3n) is 2.79. The molecule has 0 aliphatic heterocycles. The maximum Gasteiger partial charge on any atom is 0.332 e. The quantitative estimate of drug-likeness (QED) is 0.659. The molecule has 1 aliphatic rings. The van der Waals surface area contributed by atoms with Gasteiger partial charge in [-0.25, -0.2) is 4.79 Å². The minimum Gasteiger partial charge on any atom is -0.478 e. The van der Waals surface area contributed by atoms with Gasteiger partial charge in [-0.15, -0.1) is 0 Å².